The molecule has 1 heterocycles. The number of carbonyl (C=O) groups excluding carboxylic acids is 1. The molecule has 1 amide bonds. The fraction of sp³-hybridized carbons (Fsp3) is 0.474. The van der Waals surface area contributed by atoms with Gasteiger partial charge in [-0.15, -0.1) is 0 Å². The van der Waals surface area contributed by atoms with Crippen LogP contribution in [-0.4, -0.2) is 28.5 Å². The van der Waals surface area contributed by atoms with Crippen molar-refractivity contribution >= 4 is 22.8 Å². The number of halogens is 1. The molecule has 1 fully saturated rings. The van der Waals surface area contributed by atoms with Gasteiger partial charge in [0, 0.05) is 17.6 Å². The molecule has 0 radical (unpaired) electrons. The molecule has 0 bridgehead atoms. The summed E-state index contributed by atoms with van der Waals surface area (Å²) in [5.41, 5.74) is 2.35. The predicted octanol–water partition coefficient (Wildman–Crippen LogP) is 3.17. The number of rotatable bonds is 5. The molecular formula is C19H23FN2O3. The second kappa shape index (κ2) is 7.25. The molecule has 1 aliphatic rings. The number of aromatic amines is 1. The SMILES string of the molecule is Cc1[nH]c2c(F)cccc2c1CCNC(=O)[C@@H]1CCCC[C@@H]1C(=O)O. The number of nitrogens with one attached hydrogen (secondary N) is 2. The monoisotopic (exact) mass is 346 g/mol. The van der Waals surface area contributed by atoms with Gasteiger partial charge in [0.2, 0.25) is 5.91 Å². The zero-order valence-electron chi connectivity index (χ0n) is 14.3. The number of carboxylic acid groups (broad SMARTS) is 1. The second-order valence-electron chi connectivity index (χ2n) is 6.77. The third-order valence-corrected chi connectivity index (χ3v) is 5.20. The maximum absolute atomic E-state index is 13.8. The Bertz CT molecular complexity index is 799. The molecule has 3 rings (SSSR count). The van der Waals surface area contributed by atoms with E-state index in [0.717, 1.165) is 29.5 Å². The minimum Gasteiger partial charge on any atom is -0.481 e. The smallest absolute Gasteiger partial charge is 0.307 e. The maximum Gasteiger partial charge on any atom is 0.307 e. The number of hydrogen-bond donors (Lipinski definition) is 3. The lowest BCUT2D eigenvalue weighted by Crippen LogP contribution is -2.40. The summed E-state index contributed by atoms with van der Waals surface area (Å²) in [5.74, 6) is -2.40. The number of aryl methyl sites for hydroxylation is 1. The van der Waals surface area contributed by atoms with Gasteiger partial charge >= 0.3 is 5.97 Å². The van der Waals surface area contributed by atoms with Gasteiger partial charge in [-0.05, 0) is 37.8 Å². The lowest BCUT2D eigenvalue weighted by Gasteiger charge is -2.27. The summed E-state index contributed by atoms with van der Waals surface area (Å²) in [7, 11) is 0. The van der Waals surface area contributed by atoms with E-state index < -0.39 is 17.8 Å². The van der Waals surface area contributed by atoms with E-state index in [2.05, 4.69) is 10.3 Å². The average molecular weight is 346 g/mol. The Hall–Kier alpha value is -2.37. The molecule has 5 nitrogen and oxygen atoms in total. The minimum absolute atomic E-state index is 0.184. The molecule has 0 spiro atoms. The third-order valence-electron chi connectivity index (χ3n) is 5.20. The van der Waals surface area contributed by atoms with Crippen LogP contribution in [-0.2, 0) is 16.0 Å². The molecule has 1 aliphatic carbocycles. The fourth-order valence-corrected chi connectivity index (χ4v) is 3.87. The number of carbonyl (C=O) groups is 2. The van der Waals surface area contributed by atoms with Crippen molar-refractivity contribution in [1.29, 1.82) is 0 Å². The molecule has 25 heavy (non-hydrogen) atoms. The molecule has 0 saturated heterocycles. The zero-order valence-corrected chi connectivity index (χ0v) is 14.3. The zero-order chi connectivity index (χ0) is 18.0. The Kier molecular flexibility index (Phi) is 5.06. The molecule has 0 unspecified atom stereocenters. The van der Waals surface area contributed by atoms with E-state index in [-0.39, 0.29) is 11.7 Å². The molecular weight excluding hydrogens is 323 g/mol. The van der Waals surface area contributed by atoms with Crippen molar-refractivity contribution in [1.82, 2.24) is 10.3 Å². The van der Waals surface area contributed by atoms with E-state index in [1.54, 1.807) is 6.07 Å². The summed E-state index contributed by atoms with van der Waals surface area (Å²) < 4.78 is 13.8. The van der Waals surface area contributed by atoms with Crippen molar-refractivity contribution < 1.29 is 19.1 Å². The summed E-state index contributed by atoms with van der Waals surface area (Å²) in [5, 5.41) is 13.0. The first-order valence-electron chi connectivity index (χ1n) is 8.75. The number of fused-ring (bicyclic) bond motifs is 1. The third kappa shape index (κ3) is 3.52. The number of carboxylic acids is 1. The van der Waals surface area contributed by atoms with Crippen molar-refractivity contribution in [2.45, 2.75) is 39.0 Å². The average Bonchev–Trinajstić information content (AvgIpc) is 2.92. The Morgan fingerprint density at radius 1 is 1.28 bits per heavy atom. The molecule has 3 N–H and O–H groups in total. The Labute approximate surface area is 145 Å². The van der Waals surface area contributed by atoms with Gasteiger partial charge < -0.3 is 15.4 Å². The van der Waals surface area contributed by atoms with Crippen molar-refractivity contribution in [2.75, 3.05) is 6.54 Å². The Morgan fingerprint density at radius 2 is 2.00 bits per heavy atom. The van der Waals surface area contributed by atoms with Crippen LogP contribution in [0.1, 0.15) is 36.9 Å². The summed E-state index contributed by atoms with van der Waals surface area (Å²) in [4.78, 5) is 26.8. The van der Waals surface area contributed by atoms with Crippen LogP contribution < -0.4 is 5.32 Å². The second-order valence-corrected chi connectivity index (χ2v) is 6.77. The maximum atomic E-state index is 13.8. The highest BCUT2D eigenvalue weighted by atomic mass is 19.1. The highest BCUT2D eigenvalue weighted by Gasteiger charge is 2.35. The standard InChI is InChI=1S/C19H23FN2O3/c1-11-12(13-7-4-8-16(20)17(13)22-11)9-10-21-18(23)14-5-2-3-6-15(14)19(24)25/h4,7-8,14-15,22H,2-3,5-6,9-10H2,1H3,(H,21,23)(H,24,25)/t14-,15+/m1/s1. The van der Waals surface area contributed by atoms with E-state index in [9.17, 15) is 19.1 Å². The van der Waals surface area contributed by atoms with Gasteiger partial charge in [-0.25, -0.2) is 4.39 Å². The van der Waals surface area contributed by atoms with Crippen LogP contribution in [0.25, 0.3) is 10.9 Å². The summed E-state index contributed by atoms with van der Waals surface area (Å²) in [6, 6.07) is 4.95. The number of aliphatic carboxylic acids is 1. The summed E-state index contributed by atoms with van der Waals surface area (Å²) >= 11 is 0. The number of H-pyrrole nitrogens is 1. The molecule has 2 atom stereocenters. The van der Waals surface area contributed by atoms with E-state index in [0.29, 0.717) is 31.3 Å². The van der Waals surface area contributed by atoms with Crippen molar-refractivity contribution in [3.63, 3.8) is 0 Å². The first kappa shape index (κ1) is 17.5. The topological polar surface area (TPSA) is 82.2 Å². The van der Waals surface area contributed by atoms with Gasteiger partial charge in [0.15, 0.2) is 0 Å². The molecule has 2 aromatic rings. The van der Waals surface area contributed by atoms with E-state index in [1.165, 1.54) is 6.07 Å². The van der Waals surface area contributed by atoms with Gasteiger partial charge in [-0.1, -0.05) is 25.0 Å². The van der Waals surface area contributed by atoms with Crippen LogP contribution in [0.5, 0.6) is 0 Å². The Balaban J connectivity index is 1.65. The first-order valence-corrected chi connectivity index (χ1v) is 8.75. The van der Waals surface area contributed by atoms with Crippen LogP contribution in [0, 0.1) is 24.6 Å². The number of hydrogen-bond acceptors (Lipinski definition) is 2. The largest absolute Gasteiger partial charge is 0.481 e. The van der Waals surface area contributed by atoms with E-state index in [4.69, 9.17) is 0 Å². The molecule has 134 valence electrons. The van der Waals surface area contributed by atoms with E-state index >= 15 is 0 Å². The van der Waals surface area contributed by atoms with Crippen LogP contribution in [0.4, 0.5) is 4.39 Å². The van der Waals surface area contributed by atoms with Crippen molar-refractivity contribution in [3.05, 3.63) is 35.3 Å². The number of aromatic nitrogens is 1. The van der Waals surface area contributed by atoms with E-state index in [1.807, 2.05) is 13.0 Å². The Morgan fingerprint density at radius 3 is 2.72 bits per heavy atom. The van der Waals surface area contributed by atoms with Crippen LogP contribution in [0.3, 0.4) is 0 Å². The normalized spacial score (nSPS) is 20.6. The highest BCUT2D eigenvalue weighted by Crippen LogP contribution is 2.30. The minimum atomic E-state index is -0.886. The summed E-state index contributed by atoms with van der Waals surface area (Å²) in [6.45, 7) is 2.30. The first-order chi connectivity index (χ1) is 12.0. The van der Waals surface area contributed by atoms with Gasteiger partial charge in [0.25, 0.3) is 0 Å². The summed E-state index contributed by atoms with van der Waals surface area (Å²) in [6.07, 6.45) is 3.52. The van der Waals surface area contributed by atoms with Gasteiger partial charge in [0.05, 0.1) is 17.4 Å². The van der Waals surface area contributed by atoms with Crippen LogP contribution in [0.15, 0.2) is 18.2 Å². The van der Waals surface area contributed by atoms with Crippen molar-refractivity contribution in [2.24, 2.45) is 11.8 Å². The number of benzene rings is 1. The molecule has 1 saturated carbocycles. The van der Waals surface area contributed by atoms with Crippen molar-refractivity contribution in [3.8, 4) is 0 Å². The quantitative estimate of drug-likeness (QED) is 0.778. The van der Waals surface area contributed by atoms with Gasteiger partial charge in [-0.3, -0.25) is 9.59 Å². The van der Waals surface area contributed by atoms with Gasteiger partial charge in [0.1, 0.15) is 5.82 Å². The fourth-order valence-electron chi connectivity index (χ4n) is 3.87. The molecule has 1 aromatic heterocycles. The van der Waals surface area contributed by atoms with Gasteiger partial charge in [-0.2, -0.15) is 0 Å². The number of para-hydroxylation sites is 1. The predicted molar refractivity (Wildman–Crippen MR) is 92.8 cm³/mol. The lowest BCUT2D eigenvalue weighted by atomic mass is 9.78. The lowest BCUT2D eigenvalue weighted by molar-refractivity contribution is -0.148. The van der Waals surface area contributed by atoms with Crippen LogP contribution >= 0.6 is 0 Å². The van der Waals surface area contributed by atoms with Crippen LogP contribution in [0.2, 0.25) is 0 Å². The molecule has 6 heteroatoms. The molecule has 1 aromatic carbocycles. The number of amides is 1. The molecule has 0 aliphatic heterocycles. The highest BCUT2D eigenvalue weighted by molar-refractivity contribution is 5.86.